The zero-order chi connectivity index (χ0) is 18.2. The summed E-state index contributed by atoms with van der Waals surface area (Å²) in [6.45, 7) is 3.72. The molecule has 1 N–H and O–H groups in total. The Hall–Kier alpha value is -2.24. The van der Waals surface area contributed by atoms with Crippen molar-refractivity contribution in [3.63, 3.8) is 0 Å². The number of nitrogens with one attached hydrogen (secondary N) is 1. The third-order valence-electron chi connectivity index (χ3n) is 2.91. The molecule has 0 saturated carbocycles. The molecule has 132 valence electrons. The molecule has 7 heteroatoms. The lowest BCUT2D eigenvalue weighted by atomic mass is 10.2. The summed E-state index contributed by atoms with van der Waals surface area (Å²) in [5.41, 5.74) is 3.22. The Morgan fingerprint density at radius 3 is 2.56 bits per heavy atom. The fourth-order valence-electron chi connectivity index (χ4n) is 1.85. The summed E-state index contributed by atoms with van der Waals surface area (Å²) >= 11 is 11.8. The first kappa shape index (κ1) is 19.1. The highest BCUT2D eigenvalue weighted by Crippen LogP contribution is 2.27. The van der Waals surface area contributed by atoms with Crippen LogP contribution < -0.4 is 14.9 Å². The van der Waals surface area contributed by atoms with Crippen molar-refractivity contribution in [2.75, 3.05) is 6.61 Å². The van der Waals surface area contributed by atoms with E-state index in [4.69, 9.17) is 32.7 Å². The number of rotatable bonds is 7. The molecule has 0 heterocycles. The number of halogens is 2. The first-order chi connectivity index (χ1) is 11.9. The van der Waals surface area contributed by atoms with E-state index in [0.717, 1.165) is 11.3 Å². The van der Waals surface area contributed by atoms with Crippen LogP contribution in [0.15, 0.2) is 47.6 Å². The predicted molar refractivity (Wildman–Crippen MR) is 99.9 cm³/mol. The Bertz CT molecular complexity index is 746. The van der Waals surface area contributed by atoms with Crippen LogP contribution in [0.2, 0.25) is 10.0 Å². The van der Waals surface area contributed by atoms with Gasteiger partial charge in [0.15, 0.2) is 6.61 Å². The van der Waals surface area contributed by atoms with E-state index in [0.29, 0.717) is 15.8 Å². The molecule has 0 radical (unpaired) electrons. The van der Waals surface area contributed by atoms with E-state index in [1.807, 2.05) is 38.1 Å². The third kappa shape index (κ3) is 6.64. The molecule has 2 rings (SSSR count). The zero-order valence-corrected chi connectivity index (χ0v) is 15.3. The summed E-state index contributed by atoms with van der Waals surface area (Å²) in [7, 11) is 0. The molecule has 0 aliphatic heterocycles. The molecule has 0 saturated heterocycles. The minimum absolute atomic E-state index is 0.118. The normalized spacial score (nSPS) is 10.9. The number of carbonyl (C=O) groups excluding carboxylic acids is 1. The Balaban J connectivity index is 1.80. The summed E-state index contributed by atoms with van der Waals surface area (Å²) in [5, 5.41) is 4.72. The molecule has 0 aliphatic rings. The molecule has 0 spiro atoms. The van der Waals surface area contributed by atoms with Crippen molar-refractivity contribution in [1.82, 2.24) is 5.43 Å². The van der Waals surface area contributed by atoms with Crippen molar-refractivity contribution in [2.45, 2.75) is 20.0 Å². The lowest BCUT2D eigenvalue weighted by Crippen LogP contribution is -2.24. The van der Waals surface area contributed by atoms with E-state index >= 15 is 0 Å². The highest BCUT2D eigenvalue weighted by molar-refractivity contribution is 6.35. The predicted octanol–water partition coefficient (Wildman–Crippen LogP) is 4.31. The van der Waals surface area contributed by atoms with Crippen molar-refractivity contribution < 1.29 is 14.3 Å². The standard InChI is InChI=1S/C18H18Cl2N2O3/c1-12(2)25-15-6-3-13(4-7-15)10-21-22-18(23)11-24-17-8-5-14(19)9-16(17)20/h3-10,12H,11H2,1-2H3,(H,22,23)/b21-10+. The van der Waals surface area contributed by atoms with Crippen molar-refractivity contribution in [3.05, 3.63) is 58.1 Å². The van der Waals surface area contributed by atoms with Gasteiger partial charge < -0.3 is 9.47 Å². The number of nitrogens with zero attached hydrogens (tertiary/aromatic N) is 1. The second-order valence-corrected chi connectivity index (χ2v) is 6.24. The highest BCUT2D eigenvalue weighted by atomic mass is 35.5. The summed E-state index contributed by atoms with van der Waals surface area (Å²) in [6.07, 6.45) is 1.65. The maximum Gasteiger partial charge on any atom is 0.277 e. The van der Waals surface area contributed by atoms with Gasteiger partial charge in [0.05, 0.1) is 17.3 Å². The Kier molecular flexibility index (Phi) is 7.10. The molecule has 0 fully saturated rings. The summed E-state index contributed by atoms with van der Waals surface area (Å²) in [5.74, 6) is 0.761. The van der Waals surface area contributed by atoms with E-state index in [1.54, 1.807) is 18.2 Å². The molecule has 2 aromatic carbocycles. The average molecular weight is 381 g/mol. The Morgan fingerprint density at radius 1 is 1.20 bits per heavy atom. The quantitative estimate of drug-likeness (QED) is 0.574. The van der Waals surface area contributed by atoms with E-state index < -0.39 is 5.91 Å². The largest absolute Gasteiger partial charge is 0.491 e. The number of hydrogen-bond donors (Lipinski definition) is 1. The van der Waals surface area contributed by atoms with Gasteiger partial charge in [-0.2, -0.15) is 5.10 Å². The van der Waals surface area contributed by atoms with Gasteiger partial charge in [-0.05, 0) is 61.9 Å². The van der Waals surface area contributed by atoms with Gasteiger partial charge in [0, 0.05) is 5.02 Å². The lowest BCUT2D eigenvalue weighted by Gasteiger charge is -2.09. The van der Waals surface area contributed by atoms with Gasteiger partial charge in [-0.3, -0.25) is 4.79 Å². The second-order valence-electron chi connectivity index (χ2n) is 5.39. The lowest BCUT2D eigenvalue weighted by molar-refractivity contribution is -0.123. The van der Waals surface area contributed by atoms with Crippen molar-refractivity contribution in [1.29, 1.82) is 0 Å². The van der Waals surface area contributed by atoms with Gasteiger partial charge in [0.1, 0.15) is 11.5 Å². The first-order valence-corrected chi connectivity index (χ1v) is 8.36. The van der Waals surface area contributed by atoms with Gasteiger partial charge in [0.25, 0.3) is 5.91 Å². The third-order valence-corrected chi connectivity index (χ3v) is 3.44. The molecule has 0 aliphatic carbocycles. The maximum absolute atomic E-state index is 11.7. The molecular formula is C18H18Cl2N2O3. The van der Waals surface area contributed by atoms with Crippen LogP contribution in [0.1, 0.15) is 19.4 Å². The number of hydrogen-bond acceptors (Lipinski definition) is 4. The fourth-order valence-corrected chi connectivity index (χ4v) is 2.31. The fraction of sp³-hybridized carbons (Fsp3) is 0.222. The van der Waals surface area contributed by atoms with E-state index in [2.05, 4.69) is 10.5 Å². The number of hydrazone groups is 1. The van der Waals surface area contributed by atoms with Gasteiger partial charge in [-0.15, -0.1) is 0 Å². The molecule has 0 bridgehead atoms. The van der Waals surface area contributed by atoms with Gasteiger partial charge >= 0.3 is 0 Å². The van der Waals surface area contributed by atoms with Crippen molar-refractivity contribution in [2.24, 2.45) is 5.10 Å². The van der Waals surface area contributed by atoms with Crippen LogP contribution in [0.3, 0.4) is 0 Å². The molecule has 25 heavy (non-hydrogen) atoms. The van der Waals surface area contributed by atoms with Crippen LogP contribution in [-0.4, -0.2) is 24.8 Å². The Morgan fingerprint density at radius 2 is 1.92 bits per heavy atom. The van der Waals surface area contributed by atoms with Crippen LogP contribution in [0.4, 0.5) is 0 Å². The second kappa shape index (κ2) is 9.30. The molecule has 5 nitrogen and oxygen atoms in total. The monoisotopic (exact) mass is 380 g/mol. The maximum atomic E-state index is 11.7. The van der Waals surface area contributed by atoms with Crippen LogP contribution in [0.25, 0.3) is 0 Å². The molecular weight excluding hydrogens is 363 g/mol. The zero-order valence-electron chi connectivity index (χ0n) is 13.8. The minimum atomic E-state index is -0.401. The minimum Gasteiger partial charge on any atom is -0.491 e. The Labute approximate surface area is 156 Å². The number of benzene rings is 2. The summed E-state index contributed by atoms with van der Waals surface area (Å²) in [6, 6.07) is 12.1. The van der Waals surface area contributed by atoms with Crippen molar-refractivity contribution >= 4 is 35.3 Å². The van der Waals surface area contributed by atoms with Gasteiger partial charge in [-0.25, -0.2) is 5.43 Å². The number of ether oxygens (including phenoxy) is 2. The molecule has 1 amide bonds. The summed E-state index contributed by atoms with van der Waals surface area (Å²) < 4.78 is 10.9. The molecule has 0 unspecified atom stereocenters. The highest BCUT2D eigenvalue weighted by Gasteiger charge is 2.05. The average Bonchev–Trinajstić information content (AvgIpc) is 2.55. The van der Waals surface area contributed by atoms with E-state index in [-0.39, 0.29) is 12.7 Å². The van der Waals surface area contributed by atoms with Gasteiger partial charge in [0.2, 0.25) is 0 Å². The van der Waals surface area contributed by atoms with Crippen LogP contribution in [0.5, 0.6) is 11.5 Å². The smallest absolute Gasteiger partial charge is 0.277 e. The van der Waals surface area contributed by atoms with E-state index in [1.165, 1.54) is 6.21 Å². The van der Waals surface area contributed by atoms with Crippen LogP contribution in [-0.2, 0) is 4.79 Å². The van der Waals surface area contributed by atoms with E-state index in [9.17, 15) is 4.79 Å². The molecule has 0 aromatic heterocycles. The topological polar surface area (TPSA) is 59.9 Å². The summed E-state index contributed by atoms with van der Waals surface area (Å²) in [4.78, 5) is 11.7. The van der Waals surface area contributed by atoms with Crippen LogP contribution >= 0.6 is 23.2 Å². The molecule has 2 aromatic rings. The SMILES string of the molecule is CC(C)Oc1ccc(/C=N/NC(=O)COc2ccc(Cl)cc2Cl)cc1. The van der Waals surface area contributed by atoms with Crippen LogP contribution in [0, 0.1) is 0 Å². The molecule has 0 atom stereocenters. The first-order valence-electron chi connectivity index (χ1n) is 7.60. The number of amides is 1. The number of carbonyl (C=O) groups is 1. The van der Waals surface area contributed by atoms with Crippen molar-refractivity contribution in [3.8, 4) is 11.5 Å². The van der Waals surface area contributed by atoms with Gasteiger partial charge in [-0.1, -0.05) is 23.2 Å².